The van der Waals surface area contributed by atoms with E-state index in [-0.39, 0.29) is 0 Å². The highest BCUT2D eigenvalue weighted by atomic mass is 79.9. The van der Waals surface area contributed by atoms with Gasteiger partial charge in [0.05, 0.1) is 16.4 Å². The van der Waals surface area contributed by atoms with Gasteiger partial charge in [0.25, 0.3) is 0 Å². The lowest BCUT2D eigenvalue weighted by Gasteiger charge is -2.06. The second kappa shape index (κ2) is 4.81. The third-order valence-corrected chi connectivity index (χ3v) is 3.30. The summed E-state index contributed by atoms with van der Waals surface area (Å²) in [4.78, 5) is 14.8. The Bertz CT molecular complexity index is 753. The van der Waals surface area contributed by atoms with E-state index >= 15 is 0 Å². The van der Waals surface area contributed by atoms with Gasteiger partial charge in [-0.25, -0.2) is 9.50 Å². The zero-order valence-corrected chi connectivity index (χ0v) is 11.3. The molecule has 2 aromatic heterocycles. The predicted octanol–water partition coefficient (Wildman–Crippen LogP) is 2.73. The first-order chi connectivity index (χ1) is 9.29. The van der Waals surface area contributed by atoms with Crippen LogP contribution in [0.5, 0.6) is 0 Å². The summed E-state index contributed by atoms with van der Waals surface area (Å²) in [6.07, 6.45) is 4.10. The highest BCUT2D eigenvalue weighted by Crippen LogP contribution is 2.25. The Balaban J connectivity index is 2.18. The minimum Gasteiger partial charge on any atom is -0.329 e. The molecule has 3 aromatic rings. The van der Waals surface area contributed by atoms with Gasteiger partial charge in [0.15, 0.2) is 5.65 Å². The maximum atomic E-state index is 10.5. The highest BCUT2D eigenvalue weighted by molar-refractivity contribution is 9.10. The third kappa shape index (κ3) is 2.10. The molecule has 0 spiro atoms. The molecule has 1 N–H and O–H groups in total. The zero-order chi connectivity index (χ0) is 13.2. The molecular weight excluding hydrogens is 308 g/mol. The standard InChI is InChI=1S/C13H9BrN4O/c14-11-7-17-18-12(4-5-15-13(11)18)9-2-1-3-10(6-9)16-8-19/h1-8H,(H,16,19). The third-order valence-electron chi connectivity index (χ3n) is 2.74. The van der Waals surface area contributed by atoms with Crippen molar-refractivity contribution in [2.24, 2.45) is 0 Å². The van der Waals surface area contributed by atoms with Crippen LogP contribution in [0, 0.1) is 0 Å². The average Bonchev–Trinajstić information content (AvgIpc) is 2.81. The normalized spacial score (nSPS) is 10.6. The molecule has 1 amide bonds. The molecule has 2 heterocycles. The molecule has 3 rings (SSSR count). The summed E-state index contributed by atoms with van der Waals surface area (Å²) in [7, 11) is 0. The van der Waals surface area contributed by atoms with Gasteiger partial charge in [-0.05, 0) is 34.1 Å². The zero-order valence-electron chi connectivity index (χ0n) is 9.75. The van der Waals surface area contributed by atoms with Crippen LogP contribution in [0.1, 0.15) is 0 Å². The van der Waals surface area contributed by atoms with Gasteiger partial charge in [-0.2, -0.15) is 5.10 Å². The summed E-state index contributed by atoms with van der Waals surface area (Å²) >= 11 is 3.41. The van der Waals surface area contributed by atoms with Crippen LogP contribution < -0.4 is 5.32 Å². The van der Waals surface area contributed by atoms with Crippen molar-refractivity contribution in [1.29, 1.82) is 0 Å². The van der Waals surface area contributed by atoms with Crippen molar-refractivity contribution < 1.29 is 4.79 Å². The van der Waals surface area contributed by atoms with Crippen LogP contribution in [0.25, 0.3) is 16.9 Å². The van der Waals surface area contributed by atoms with Crippen LogP contribution in [0.2, 0.25) is 0 Å². The number of aromatic nitrogens is 3. The Morgan fingerprint density at radius 2 is 2.21 bits per heavy atom. The second-order valence-electron chi connectivity index (χ2n) is 3.90. The maximum absolute atomic E-state index is 10.5. The molecule has 0 fully saturated rings. The lowest BCUT2D eigenvalue weighted by atomic mass is 10.1. The fourth-order valence-corrected chi connectivity index (χ4v) is 2.28. The number of anilines is 1. The molecule has 19 heavy (non-hydrogen) atoms. The number of carbonyl (C=O) groups is 1. The van der Waals surface area contributed by atoms with Crippen molar-refractivity contribution >= 4 is 33.7 Å². The molecule has 5 nitrogen and oxygen atoms in total. The minimum atomic E-state index is 0.658. The minimum absolute atomic E-state index is 0.658. The van der Waals surface area contributed by atoms with Gasteiger partial charge in [-0.1, -0.05) is 12.1 Å². The second-order valence-corrected chi connectivity index (χ2v) is 4.76. The molecule has 0 radical (unpaired) electrons. The summed E-state index contributed by atoms with van der Waals surface area (Å²) in [5.74, 6) is 0. The van der Waals surface area contributed by atoms with Gasteiger partial charge in [0.2, 0.25) is 6.41 Å². The molecule has 0 unspecified atom stereocenters. The Morgan fingerprint density at radius 3 is 3.05 bits per heavy atom. The fourth-order valence-electron chi connectivity index (χ4n) is 1.92. The van der Waals surface area contributed by atoms with E-state index < -0.39 is 0 Å². The first-order valence-corrected chi connectivity index (χ1v) is 6.38. The van der Waals surface area contributed by atoms with Crippen molar-refractivity contribution in [2.45, 2.75) is 0 Å². The predicted molar refractivity (Wildman–Crippen MR) is 75.8 cm³/mol. The number of halogens is 1. The molecule has 0 aliphatic heterocycles. The van der Waals surface area contributed by atoms with Crippen molar-refractivity contribution in [3.8, 4) is 11.3 Å². The molecule has 94 valence electrons. The number of hydrogen-bond donors (Lipinski definition) is 1. The molecule has 0 aliphatic carbocycles. The number of amides is 1. The Hall–Kier alpha value is -2.21. The Labute approximate surface area is 117 Å². The van der Waals surface area contributed by atoms with Crippen molar-refractivity contribution in [3.05, 3.63) is 47.2 Å². The van der Waals surface area contributed by atoms with E-state index in [1.54, 1.807) is 16.9 Å². The van der Waals surface area contributed by atoms with Crippen molar-refractivity contribution in [3.63, 3.8) is 0 Å². The van der Waals surface area contributed by atoms with Crippen LogP contribution >= 0.6 is 15.9 Å². The van der Waals surface area contributed by atoms with Gasteiger partial charge in [0, 0.05) is 17.4 Å². The largest absolute Gasteiger partial charge is 0.329 e. The summed E-state index contributed by atoms with van der Waals surface area (Å²) in [6.45, 7) is 0. The summed E-state index contributed by atoms with van der Waals surface area (Å²) in [5.41, 5.74) is 3.36. The van der Waals surface area contributed by atoms with Crippen LogP contribution in [-0.2, 0) is 4.79 Å². The quantitative estimate of drug-likeness (QED) is 0.756. The Kier molecular flexibility index (Phi) is 3.00. The van der Waals surface area contributed by atoms with Gasteiger partial charge in [-0.15, -0.1) is 0 Å². The molecule has 0 saturated carbocycles. The number of nitrogens with zero attached hydrogens (tertiary/aromatic N) is 3. The average molecular weight is 317 g/mol. The van der Waals surface area contributed by atoms with Gasteiger partial charge >= 0.3 is 0 Å². The topological polar surface area (TPSA) is 59.3 Å². The van der Waals surface area contributed by atoms with Gasteiger partial charge < -0.3 is 5.32 Å². The maximum Gasteiger partial charge on any atom is 0.211 e. The van der Waals surface area contributed by atoms with Crippen LogP contribution in [-0.4, -0.2) is 21.0 Å². The number of hydrogen-bond acceptors (Lipinski definition) is 3. The molecule has 6 heteroatoms. The summed E-state index contributed by atoms with van der Waals surface area (Å²) in [5, 5.41) is 6.92. The lowest BCUT2D eigenvalue weighted by molar-refractivity contribution is -0.105. The van der Waals surface area contributed by atoms with Gasteiger partial charge in [0.1, 0.15) is 0 Å². The van der Waals surface area contributed by atoms with E-state index in [0.29, 0.717) is 6.41 Å². The molecule has 1 aromatic carbocycles. The molecule has 0 bridgehead atoms. The Morgan fingerprint density at radius 1 is 1.32 bits per heavy atom. The van der Waals surface area contributed by atoms with E-state index in [4.69, 9.17) is 0 Å². The SMILES string of the molecule is O=CNc1cccc(-c2ccnc3c(Br)cnn23)c1. The van der Waals surface area contributed by atoms with E-state index in [9.17, 15) is 4.79 Å². The van der Waals surface area contributed by atoms with E-state index in [1.165, 1.54) is 0 Å². The van der Waals surface area contributed by atoms with E-state index in [1.807, 2.05) is 30.3 Å². The fraction of sp³-hybridized carbons (Fsp3) is 0. The van der Waals surface area contributed by atoms with Crippen LogP contribution in [0.15, 0.2) is 47.2 Å². The van der Waals surface area contributed by atoms with Crippen LogP contribution in [0.4, 0.5) is 5.69 Å². The first kappa shape index (κ1) is 11.9. The van der Waals surface area contributed by atoms with Gasteiger partial charge in [-0.3, -0.25) is 4.79 Å². The lowest BCUT2D eigenvalue weighted by Crippen LogP contribution is -1.97. The monoisotopic (exact) mass is 316 g/mol. The molecule has 0 saturated heterocycles. The molecular formula is C13H9BrN4O. The smallest absolute Gasteiger partial charge is 0.211 e. The molecule has 0 aliphatic rings. The van der Waals surface area contributed by atoms with E-state index in [2.05, 4.69) is 31.3 Å². The number of fused-ring (bicyclic) bond motifs is 1. The number of benzene rings is 1. The first-order valence-electron chi connectivity index (χ1n) is 5.58. The molecule has 0 atom stereocenters. The summed E-state index contributed by atoms with van der Waals surface area (Å²) < 4.78 is 2.60. The number of carbonyl (C=O) groups excluding carboxylic acids is 1. The highest BCUT2D eigenvalue weighted by Gasteiger charge is 2.08. The summed E-state index contributed by atoms with van der Waals surface area (Å²) in [6, 6.07) is 9.44. The number of nitrogens with one attached hydrogen (secondary N) is 1. The number of rotatable bonds is 3. The van der Waals surface area contributed by atoms with Crippen LogP contribution in [0.3, 0.4) is 0 Å². The van der Waals surface area contributed by atoms with E-state index in [0.717, 1.165) is 27.1 Å². The van der Waals surface area contributed by atoms with Crippen molar-refractivity contribution in [2.75, 3.05) is 5.32 Å². The van der Waals surface area contributed by atoms with Crippen molar-refractivity contribution in [1.82, 2.24) is 14.6 Å².